The molecule has 0 aliphatic heterocycles. The summed E-state index contributed by atoms with van der Waals surface area (Å²) in [6.45, 7) is 6.02. The molecule has 0 saturated carbocycles. The monoisotopic (exact) mass is 281 g/mol. The van der Waals surface area contributed by atoms with Crippen LogP contribution in [-0.2, 0) is 0 Å². The molecule has 0 saturated heterocycles. The largest absolute Gasteiger partial charge is 0.496 e. The first kappa shape index (κ1) is 16.3. The van der Waals surface area contributed by atoms with Crippen molar-refractivity contribution in [3.05, 3.63) is 23.3 Å². The minimum Gasteiger partial charge on any atom is -0.496 e. The molecule has 20 heavy (non-hydrogen) atoms. The fraction of sp³-hybridized carbons (Fsp3) is 0.533. The highest BCUT2D eigenvalue weighted by Gasteiger charge is 2.19. The van der Waals surface area contributed by atoms with Gasteiger partial charge in [-0.2, -0.15) is 0 Å². The molecule has 1 amide bonds. The highest BCUT2D eigenvalue weighted by Crippen LogP contribution is 2.29. The summed E-state index contributed by atoms with van der Waals surface area (Å²) in [6, 6.07) is 3.36. The normalized spacial score (nSPS) is 11.1. The lowest BCUT2D eigenvalue weighted by Gasteiger charge is -2.22. The van der Waals surface area contributed by atoms with E-state index in [4.69, 9.17) is 9.47 Å². The number of carbonyl (C=O) groups excluding carboxylic acids is 1. The van der Waals surface area contributed by atoms with Crippen molar-refractivity contribution in [1.29, 1.82) is 0 Å². The molecule has 0 radical (unpaired) electrons. The van der Waals surface area contributed by atoms with Gasteiger partial charge in [-0.05, 0) is 19.1 Å². The number of methoxy groups -OCH3 is 2. The molecule has 0 spiro atoms. The third-order valence-electron chi connectivity index (χ3n) is 3.17. The first-order valence-corrected chi connectivity index (χ1v) is 6.46. The van der Waals surface area contributed by atoms with Gasteiger partial charge in [0.15, 0.2) is 0 Å². The van der Waals surface area contributed by atoms with Gasteiger partial charge in [0.2, 0.25) is 0 Å². The van der Waals surface area contributed by atoms with Crippen LogP contribution in [0, 0.1) is 12.3 Å². The van der Waals surface area contributed by atoms with Crippen molar-refractivity contribution in [3.8, 4) is 11.5 Å². The van der Waals surface area contributed by atoms with Crippen molar-refractivity contribution < 1.29 is 19.4 Å². The van der Waals surface area contributed by atoms with Crippen LogP contribution in [0.2, 0.25) is 0 Å². The maximum absolute atomic E-state index is 12.2. The summed E-state index contributed by atoms with van der Waals surface area (Å²) in [4.78, 5) is 12.2. The molecule has 0 aliphatic carbocycles. The Morgan fingerprint density at radius 2 is 1.75 bits per heavy atom. The zero-order valence-electron chi connectivity index (χ0n) is 12.7. The van der Waals surface area contributed by atoms with E-state index in [1.54, 1.807) is 26.4 Å². The number of amides is 1. The van der Waals surface area contributed by atoms with E-state index < -0.39 is 0 Å². The lowest BCUT2D eigenvalue weighted by Crippen LogP contribution is -2.36. The number of benzene rings is 1. The number of hydrogen-bond acceptors (Lipinski definition) is 4. The SMILES string of the molecule is COc1cc(C(=O)NCC(C)(C)CO)cc(OC)c1C. The first-order chi connectivity index (χ1) is 9.34. The van der Waals surface area contributed by atoms with E-state index >= 15 is 0 Å². The first-order valence-electron chi connectivity index (χ1n) is 6.46. The Labute approximate surface area is 119 Å². The van der Waals surface area contributed by atoms with Crippen molar-refractivity contribution in [1.82, 2.24) is 5.32 Å². The van der Waals surface area contributed by atoms with Gasteiger partial charge in [0.1, 0.15) is 11.5 Å². The second kappa shape index (κ2) is 6.61. The van der Waals surface area contributed by atoms with Crippen LogP contribution in [0.5, 0.6) is 11.5 Å². The van der Waals surface area contributed by atoms with Gasteiger partial charge in [0, 0.05) is 29.7 Å². The molecule has 112 valence electrons. The number of rotatable bonds is 6. The van der Waals surface area contributed by atoms with Crippen LogP contribution in [0.1, 0.15) is 29.8 Å². The highest BCUT2D eigenvalue weighted by molar-refractivity contribution is 5.95. The van der Waals surface area contributed by atoms with E-state index in [2.05, 4.69) is 5.32 Å². The molecule has 0 bridgehead atoms. The van der Waals surface area contributed by atoms with Crippen molar-refractivity contribution in [2.24, 2.45) is 5.41 Å². The zero-order valence-corrected chi connectivity index (χ0v) is 12.7. The third-order valence-corrected chi connectivity index (χ3v) is 3.17. The summed E-state index contributed by atoms with van der Waals surface area (Å²) in [6.07, 6.45) is 0. The number of aliphatic hydroxyl groups is 1. The molecule has 2 N–H and O–H groups in total. The number of carbonyl (C=O) groups is 1. The quantitative estimate of drug-likeness (QED) is 0.833. The second-order valence-corrected chi connectivity index (χ2v) is 5.51. The van der Waals surface area contributed by atoms with Crippen molar-refractivity contribution in [2.75, 3.05) is 27.4 Å². The van der Waals surface area contributed by atoms with E-state index in [-0.39, 0.29) is 17.9 Å². The molecule has 0 aliphatic rings. The maximum Gasteiger partial charge on any atom is 0.251 e. The molecule has 0 atom stereocenters. The van der Waals surface area contributed by atoms with Crippen LogP contribution in [0.4, 0.5) is 0 Å². The maximum atomic E-state index is 12.2. The van der Waals surface area contributed by atoms with E-state index in [1.165, 1.54) is 0 Å². The predicted octanol–water partition coefficient (Wildman–Crippen LogP) is 1.76. The standard InChI is InChI=1S/C15H23NO4/c1-10-12(19-4)6-11(7-13(10)20-5)14(18)16-8-15(2,3)9-17/h6-7,17H,8-9H2,1-5H3,(H,16,18). The van der Waals surface area contributed by atoms with Gasteiger partial charge in [-0.15, -0.1) is 0 Å². The number of ether oxygens (including phenoxy) is 2. The zero-order chi connectivity index (χ0) is 15.3. The molecule has 5 heteroatoms. The lowest BCUT2D eigenvalue weighted by atomic mass is 9.95. The summed E-state index contributed by atoms with van der Waals surface area (Å²) in [5.74, 6) is 0.995. The highest BCUT2D eigenvalue weighted by atomic mass is 16.5. The Balaban J connectivity index is 2.93. The van der Waals surface area contributed by atoms with Crippen LogP contribution in [0.15, 0.2) is 12.1 Å². The molecule has 1 rings (SSSR count). The Morgan fingerprint density at radius 3 is 2.15 bits per heavy atom. The Bertz CT molecular complexity index is 458. The molecule has 5 nitrogen and oxygen atoms in total. The Kier molecular flexibility index (Phi) is 5.39. The molecule has 1 aromatic carbocycles. The van der Waals surface area contributed by atoms with E-state index in [9.17, 15) is 9.90 Å². The van der Waals surface area contributed by atoms with Gasteiger partial charge in [0.05, 0.1) is 14.2 Å². The molecule has 0 aromatic heterocycles. The van der Waals surface area contributed by atoms with Crippen molar-refractivity contribution in [2.45, 2.75) is 20.8 Å². The number of aliphatic hydroxyl groups excluding tert-OH is 1. The number of nitrogens with one attached hydrogen (secondary N) is 1. The van der Waals surface area contributed by atoms with Gasteiger partial charge in [-0.1, -0.05) is 13.8 Å². The van der Waals surface area contributed by atoms with Crippen LogP contribution < -0.4 is 14.8 Å². The average Bonchev–Trinajstić information content (AvgIpc) is 2.45. The molecule has 0 fully saturated rings. The Hall–Kier alpha value is -1.75. The minimum atomic E-state index is -0.353. The summed E-state index contributed by atoms with van der Waals surface area (Å²) >= 11 is 0. The molecule has 0 heterocycles. The molecule has 1 aromatic rings. The van der Waals surface area contributed by atoms with E-state index in [1.807, 2.05) is 20.8 Å². The van der Waals surface area contributed by atoms with Gasteiger partial charge in [-0.25, -0.2) is 0 Å². The van der Waals surface area contributed by atoms with Crippen LogP contribution in [0.3, 0.4) is 0 Å². The minimum absolute atomic E-state index is 0.00776. The van der Waals surface area contributed by atoms with Crippen LogP contribution >= 0.6 is 0 Å². The summed E-state index contributed by atoms with van der Waals surface area (Å²) < 4.78 is 10.5. The fourth-order valence-electron chi connectivity index (χ4n) is 1.69. The molecular formula is C15H23NO4. The van der Waals surface area contributed by atoms with Gasteiger partial charge >= 0.3 is 0 Å². The average molecular weight is 281 g/mol. The second-order valence-electron chi connectivity index (χ2n) is 5.51. The van der Waals surface area contributed by atoms with Gasteiger partial charge in [0.25, 0.3) is 5.91 Å². The van der Waals surface area contributed by atoms with Gasteiger partial charge in [-0.3, -0.25) is 4.79 Å². The summed E-state index contributed by atoms with van der Waals surface area (Å²) in [7, 11) is 3.11. The third kappa shape index (κ3) is 3.87. The van der Waals surface area contributed by atoms with Crippen LogP contribution in [-0.4, -0.2) is 38.4 Å². The topological polar surface area (TPSA) is 67.8 Å². The molecular weight excluding hydrogens is 258 g/mol. The number of hydrogen-bond donors (Lipinski definition) is 2. The smallest absolute Gasteiger partial charge is 0.251 e. The summed E-state index contributed by atoms with van der Waals surface area (Å²) in [5.41, 5.74) is 0.967. The van der Waals surface area contributed by atoms with E-state index in [0.29, 0.717) is 23.6 Å². The van der Waals surface area contributed by atoms with Crippen LogP contribution in [0.25, 0.3) is 0 Å². The molecule has 0 unspecified atom stereocenters. The van der Waals surface area contributed by atoms with Crippen molar-refractivity contribution >= 4 is 5.91 Å². The summed E-state index contributed by atoms with van der Waals surface area (Å²) in [5, 5.41) is 12.0. The van der Waals surface area contributed by atoms with Gasteiger partial charge < -0.3 is 19.9 Å². The van der Waals surface area contributed by atoms with E-state index in [0.717, 1.165) is 5.56 Å². The fourth-order valence-corrected chi connectivity index (χ4v) is 1.69. The Morgan fingerprint density at radius 1 is 1.25 bits per heavy atom. The lowest BCUT2D eigenvalue weighted by molar-refractivity contribution is 0.0910. The predicted molar refractivity (Wildman–Crippen MR) is 77.5 cm³/mol. The van der Waals surface area contributed by atoms with Crippen molar-refractivity contribution in [3.63, 3.8) is 0 Å².